The molecule has 0 radical (unpaired) electrons. The Balaban J connectivity index is 2.03. The molecule has 0 amide bonds. The fourth-order valence-corrected chi connectivity index (χ4v) is 5.15. The predicted octanol–water partition coefficient (Wildman–Crippen LogP) is 2.81. The molecule has 0 bridgehead atoms. The van der Waals surface area contributed by atoms with Crippen molar-refractivity contribution in [3.8, 4) is 0 Å². The van der Waals surface area contributed by atoms with Crippen molar-refractivity contribution in [2.24, 2.45) is 0 Å². The number of sulfonamides is 1. The maximum absolute atomic E-state index is 13.3. The van der Waals surface area contributed by atoms with E-state index >= 15 is 0 Å². The van der Waals surface area contributed by atoms with Gasteiger partial charge in [0, 0.05) is 19.2 Å². The van der Waals surface area contributed by atoms with Crippen LogP contribution in [0, 0.1) is 13.8 Å². The molecular weight excluding hydrogens is 328 g/mol. The van der Waals surface area contributed by atoms with E-state index in [1.165, 1.54) is 6.20 Å². The summed E-state index contributed by atoms with van der Waals surface area (Å²) < 4.78 is 35.3. The summed E-state index contributed by atoms with van der Waals surface area (Å²) >= 11 is 0. The molecule has 1 fully saturated rings. The molecule has 1 aliphatic heterocycles. The quantitative estimate of drug-likeness (QED) is 0.845. The fraction of sp³-hybridized carbons (Fsp3) is 0.625. The first-order chi connectivity index (χ1) is 11.4. The number of hydrogen-bond donors (Lipinski definition) is 0. The lowest BCUT2D eigenvalue weighted by molar-refractivity contribution is 0.258. The van der Waals surface area contributed by atoms with Gasteiger partial charge in [0.1, 0.15) is 4.90 Å². The Kier molecular flexibility index (Phi) is 4.78. The Morgan fingerprint density at radius 1 is 1.29 bits per heavy atom. The van der Waals surface area contributed by atoms with E-state index in [4.69, 9.17) is 4.52 Å². The van der Waals surface area contributed by atoms with Crippen molar-refractivity contribution < 1.29 is 12.9 Å². The SMILES string of the molecule is CCn1ncc(S(=O)(=O)N2CCCCCC2c2cc(C)no2)c1C. The second-order valence-corrected chi connectivity index (χ2v) is 8.12. The third-order valence-electron chi connectivity index (χ3n) is 4.62. The molecule has 0 spiro atoms. The van der Waals surface area contributed by atoms with Crippen LogP contribution < -0.4 is 0 Å². The first-order valence-electron chi connectivity index (χ1n) is 8.42. The van der Waals surface area contributed by atoms with Gasteiger partial charge in [-0.2, -0.15) is 9.40 Å². The van der Waals surface area contributed by atoms with Gasteiger partial charge >= 0.3 is 0 Å². The molecule has 132 valence electrons. The molecule has 2 aromatic heterocycles. The Morgan fingerprint density at radius 3 is 2.71 bits per heavy atom. The van der Waals surface area contributed by atoms with Gasteiger partial charge < -0.3 is 4.52 Å². The van der Waals surface area contributed by atoms with Crippen LogP contribution in [0.2, 0.25) is 0 Å². The van der Waals surface area contributed by atoms with Gasteiger partial charge in [0.15, 0.2) is 5.76 Å². The van der Waals surface area contributed by atoms with Crippen molar-refractivity contribution in [1.82, 2.24) is 19.2 Å². The highest BCUT2D eigenvalue weighted by atomic mass is 32.2. The van der Waals surface area contributed by atoms with E-state index in [0.717, 1.165) is 31.4 Å². The topological polar surface area (TPSA) is 81.2 Å². The van der Waals surface area contributed by atoms with Crippen molar-refractivity contribution in [3.63, 3.8) is 0 Å². The van der Waals surface area contributed by atoms with Crippen LogP contribution in [0.3, 0.4) is 0 Å². The standard InChI is InChI=1S/C16H24N4O3S/c1-4-19-13(3)16(11-17-19)24(21,22)20-9-7-5-6-8-14(20)15-10-12(2)18-23-15/h10-11,14H,4-9H2,1-3H3. The molecule has 1 aliphatic rings. The molecule has 2 aromatic rings. The van der Waals surface area contributed by atoms with Crippen LogP contribution in [-0.4, -0.2) is 34.2 Å². The smallest absolute Gasteiger partial charge is 0.247 e. The Morgan fingerprint density at radius 2 is 2.08 bits per heavy atom. The summed E-state index contributed by atoms with van der Waals surface area (Å²) in [7, 11) is -3.63. The Labute approximate surface area is 142 Å². The lowest BCUT2D eigenvalue weighted by Gasteiger charge is -2.27. The molecule has 7 nitrogen and oxygen atoms in total. The van der Waals surface area contributed by atoms with Crippen molar-refractivity contribution >= 4 is 10.0 Å². The fourth-order valence-electron chi connectivity index (χ4n) is 3.32. The molecule has 0 saturated carbocycles. The van der Waals surface area contributed by atoms with Crippen LogP contribution >= 0.6 is 0 Å². The van der Waals surface area contributed by atoms with Crippen molar-refractivity contribution in [1.29, 1.82) is 0 Å². The monoisotopic (exact) mass is 352 g/mol. The molecule has 1 unspecified atom stereocenters. The predicted molar refractivity (Wildman–Crippen MR) is 89.0 cm³/mol. The average molecular weight is 352 g/mol. The van der Waals surface area contributed by atoms with Crippen LogP contribution in [0.25, 0.3) is 0 Å². The highest BCUT2D eigenvalue weighted by Gasteiger charge is 2.37. The molecule has 0 aromatic carbocycles. The average Bonchev–Trinajstić information content (AvgIpc) is 3.04. The van der Waals surface area contributed by atoms with Crippen LogP contribution in [0.15, 0.2) is 21.7 Å². The molecule has 24 heavy (non-hydrogen) atoms. The summed E-state index contributed by atoms with van der Waals surface area (Å²) in [5, 5.41) is 8.13. The summed E-state index contributed by atoms with van der Waals surface area (Å²) in [6.07, 6.45) is 5.05. The summed E-state index contributed by atoms with van der Waals surface area (Å²) in [5.41, 5.74) is 1.44. The molecule has 3 heterocycles. The first kappa shape index (κ1) is 17.2. The minimum absolute atomic E-state index is 0.285. The van der Waals surface area contributed by atoms with Gasteiger partial charge in [-0.3, -0.25) is 4.68 Å². The maximum Gasteiger partial charge on any atom is 0.247 e. The van der Waals surface area contributed by atoms with Crippen LogP contribution in [0.1, 0.15) is 55.8 Å². The number of aryl methyl sites for hydroxylation is 2. The highest BCUT2D eigenvalue weighted by molar-refractivity contribution is 7.89. The number of rotatable bonds is 4. The zero-order valence-electron chi connectivity index (χ0n) is 14.4. The summed E-state index contributed by atoms with van der Waals surface area (Å²) in [6.45, 7) is 6.73. The molecule has 1 atom stereocenters. The van der Waals surface area contributed by atoms with Gasteiger partial charge in [0.25, 0.3) is 0 Å². The van der Waals surface area contributed by atoms with E-state index in [9.17, 15) is 8.42 Å². The van der Waals surface area contributed by atoms with Crippen LogP contribution in [0.4, 0.5) is 0 Å². The normalized spacial score (nSPS) is 20.2. The van der Waals surface area contributed by atoms with Gasteiger partial charge in [-0.25, -0.2) is 8.42 Å². The van der Waals surface area contributed by atoms with E-state index in [1.54, 1.807) is 15.9 Å². The Bertz CT molecular complexity index is 809. The highest BCUT2D eigenvalue weighted by Crippen LogP contribution is 2.35. The van der Waals surface area contributed by atoms with E-state index in [2.05, 4.69) is 10.3 Å². The zero-order valence-corrected chi connectivity index (χ0v) is 15.2. The molecule has 0 aliphatic carbocycles. The molecular formula is C16H24N4O3S. The third kappa shape index (κ3) is 3.00. The van der Waals surface area contributed by atoms with E-state index in [0.29, 0.717) is 24.5 Å². The summed E-state index contributed by atoms with van der Waals surface area (Å²) in [5.74, 6) is 0.624. The van der Waals surface area contributed by atoms with Gasteiger partial charge in [-0.15, -0.1) is 0 Å². The third-order valence-corrected chi connectivity index (χ3v) is 6.63. The lowest BCUT2D eigenvalue weighted by atomic mass is 10.1. The molecule has 8 heteroatoms. The van der Waals surface area contributed by atoms with Crippen molar-refractivity contribution in [2.75, 3.05) is 6.54 Å². The van der Waals surface area contributed by atoms with E-state index in [-0.39, 0.29) is 10.9 Å². The lowest BCUT2D eigenvalue weighted by Crippen LogP contribution is -2.35. The maximum atomic E-state index is 13.3. The molecule has 1 saturated heterocycles. The van der Waals surface area contributed by atoms with Gasteiger partial charge in [0.05, 0.1) is 23.6 Å². The summed E-state index contributed by atoms with van der Waals surface area (Å²) in [4.78, 5) is 0.285. The zero-order chi connectivity index (χ0) is 17.3. The van der Waals surface area contributed by atoms with Crippen LogP contribution in [-0.2, 0) is 16.6 Å². The van der Waals surface area contributed by atoms with Gasteiger partial charge in [0.2, 0.25) is 10.0 Å². The van der Waals surface area contributed by atoms with E-state index < -0.39 is 10.0 Å². The van der Waals surface area contributed by atoms with E-state index in [1.807, 2.05) is 19.9 Å². The second-order valence-electron chi connectivity index (χ2n) is 6.26. The van der Waals surface area contributed by atoms with Gasteiger partial charge in [-0.1, -0.05) is 18.0 Å². The number of aromatic nitrogens is 3. The second kappa shape index (κ2) is 6.68. The van der Waals surface area contributed by atoms with Crippen molar-refractivity contribution in [3.05, 3.63) is 29.4 Å². The Hall–Kier alpha value is -1.67. The number of nitrogens with zero attached hydrogens (tertiary/aromatic N) is 4. The first-order valence-corrected chi connectivity index (χ1v) is 9.86. The molecule has 3 rings (SSSR count). The van der Waals surface area contributed by atoms with Gasteiger partial charge in [-0.05, 0) is 33.6 Å². The largest absolute Gasteiger partial charge is 0.359 e. The minimum atomic E-state index is -3.63. The van der Waals surface area contributed by atoms with Crippen molar-refractivity contribution in [2.45, 2.75) is 63.9 Å². The number of hydrogen-bond acceptors (Lipinski definition) is 5. The van der Waals surface area contributed by atoms with Crippen LogP contribution in [0.5, 0.6) is 0 Å². The summed E-state index contributed by atoms with van der Waals surface area (Å²) in [6, 6.07) is 1.53. The minimum Gasteiger partial charge on any atom is -0.359 e. The molecule has 0 N–H and O–H groups in total.